The van der Waals surface area contributed by atoms with E-state index in [4.69, 9.17) is 0 Å². The van der Waals surface area contributed by atoms with Crippen LogP contribution >= 0.6 is 0 Å². The Labute approximate surface area is 123 Å². The van der Waals surface area contributed by atoms with Gasteiger partial charge in [-0.25, -0.2) is 9.97 Å². The van der Waals surface area contributed by atoms with E-state index in [9.17, 15) is 10.1 Å². The van der Waals surface area contributed by atoms with E-state index in [0.717, 1.165) is 29.1 Å². The maximum atomic E-state index is 10.9. The lowest BCUT2D eigenvalue weighted by molar-refractivity contribution is -0.384. The molecule has 0 spiro atoms. The molecule has 0 aliphatic carbocycles. The van der Waals surface area contributed by atoms with Gasteiger partial charge >= 0.3 is 0 Å². The van der Waals surface area contributed by atoms with Gasteiger partial charge in [0.25, 0.3) is 5.69 Å². The number of hydrogen-bond donors (Lipinski definition) is 1. The highest BCUT2D eigenvalue weighted by Gasteiger charge is 2.15. The molecule has 2 aromatic rings. The second-order valence-electron chi connectivity index (χ2n) is 4.83. The summed E-state index contributed by atoms with van der Waals surface area (Å²) in [6.07, 6.45) is 0.782. The number of non-ortho nitro benzene ring substituents is 1. The highest BCUT2D eigenvalue weighted by Crippen LogP contribution is 2.27. The van der Waals surface area contributed by atoms with Crippen molar-refractivity contribution in [2.45, 2.75) is 27.2 Å². The van der Waals surface area contributed by atoms with Crippen molar-refractivity contribution in [3.63, 3.8) is 0 Å². The monoisotopic (exact) mass is 286 g/mol. The minimum absolute atomic E-state index is 0.0452. The fourth-order valence-corrected chi connectivity index (χ4v) is 2.24. The quantitative estimate of drug-likeness (QED) is 0.689. The summed E-state index contributed by atoms with van der Waals surface area (Å²) in [6, 6.07) is 4.74. The molecular weight excluding hydrogens is 268 g/mol. The summed E-state index contributed by atoms with van der Waals surface area (Å²) in [7, 11) is 1.80. The number of aryl methyl sites for hydroxylation is 2. The van der Waals surface area contributed by atoms with E-state index in [2.05, 4.69) is 15.3 Å². The molecule has 2 rings (SSSR count). The molecular formula is C15H18N4O2. The molecule has 0 saturated carbocycles. The van der Waals surface area contributed by atoms with Crippen molar-refractivity contribution in [1.29, 1.82) is 0 Å². The fourth-order valence-electron chi connectivity index (χ4n) is 2.24. The highest BCUT2D eigenvalue weighted by atomic mass is 16.6. The number of benzene rings is 1. The largest absolute Gasteiger partial charge is 0.373 e. The predicted molar refractivity (Wildman–Crippen MR) is 82.5 cm³/mol. The Morgan fingerprint density at radius 1 is 1.29 bits per heavy atom. The van der Waals surface area contributed by atoms with Crippen LogP contribution in [0.1, 0.15) is 23.7 Å². The summed E-state index contributed by atoms with van der Waals surface area (Å²) in [5.41, 5.74) is 3.59. The molecule has 0 radical (unpaired) electrons. The average molecular weight is 286 g/mol. The topological polar surface area (TPSA) is 81.0 Å². The normalized spacial score (nSPS) is 10.5. The second-order valence-corrected chi connectivity index (χ2v) is 4.83. The van der Waals surface area contributed by atoms with E-state index >= 15 is 0 Å². The number of nitrogens with one attached hydrogen (secondary N) is 1. The first kappa shape index (κ1) is 14.9. The maximum absolute atomic E-state index is 10.9. The van der Waals surface area contributed by atoms with Gasteiger partial charge in [0.2, 0.25) is 0 Å². The Hall–Kier alpha value is -2.50. The van der Waals surface area contributed by atoms with Gasteiger partial charge in [-0.15, -0.1) is 0 Å². The number of aromatic nitrogens is 2. The molecule has 1 aromatic heterocycles. The van der Waals surface area contributed by atoms with Gasteiger partial charge in [-0.05, 0) is 25.8 Å². The van der Waals surface area contributed by atoms with Crippen LogP contribution in [0.5, 0.6) is 0 Å². The van der Waals surface area contributed by atoms with Crippen molar-refractivity contribution < 1.29 is 4.92 Å². The van der Waals surface area contributed by atoms with Crippen LogP contribution < -0.4 is 5.32 Å². The Kier molecular flexibility index (Phi) is 4.16. The first-order valence-corrected chi connectivity index (χ1v) is 6.78. The van der Waals surface area contributed by atoms with Crippen molar-refractivity contribution in [1.82, 2.24) is 9.97 Å². The zero-order valence-electron chi connectivity index (χ0n) is 12.6. The first-order chi connectivity index (χ1) is 9.97. The lowest BCUT2D eigenvalue weighted by Gasteiger charge is -2.12. The van der Waals surface area contributed by atoms with Crippen molar-refractivity contribution >= 4 is 11.5 Å². The molecule has 0 aliphatic rings. The summed E-state index contributed by atoms with van der Waals surface area (Å²) in [6.45, 7) is 5.89. The van der Waals surface area contributed by atoms with Crippen LogP contribution in [0.25, 0.3) is 11.4 Å². The average Bonchev–Trinajstić information content (AvgIpc) is 2.48. The van der Waals surface area contributed by atoms with E-state index in [1.165, 1.54) is 12.1 Å². The third kappa shape index (κ3) is 2.84. The molecule has 0 unspecified atom stereocenters. The SMILES string of the molecule is CCc1nc(-c2cc([N+](=O)[O-])ccc2C)nc(NC)c1C. The van der Waals surface area contributed by atoms with Crippen molar-refractivity contribution in [3.8, 4) is 11.4 Å². The van der Waals surface area contributed by atoms with Crippen molar-refractivity contribution in [2.24, 2.45) is 0 Å². The van der Waals surface area contributed by atoms with Gasteiger partial charge in [-0.3, -0.25) is 10.1 Å². The maximum Gasteiger partial charge on any atom is 0.270 e. The van der Waals surface area contributed by atoms with E-state index in [-0.39, 0.29) is 5.69 Å². The number of hydrogen-bond acceptors (Lipinski definition) is 5. The summed E-state index contributed by atoms with van der Waals surface area (Å²) in [5, 5.41) is 14.0. The summed E-state index contributed by atoms with van der Waals surface area (Å²) < 4.78 is 0. The molecule has 21 heavy (non-hydrogen) atoms. The molecule has 0 bridgehead atoms. The minimum atomic E-state index is -0.406. The van der Waals surface area contributed by atoms with Crippen LogP contribution in [-0.2, 0) is 6.42 Å². The summed E-state index contributed by atoms with van der Waals surface area (Å²) >= 11 is 0. The van der Waals surface area contributed by atoms with Gasteiger partial charge in [-0.1, -0.05) is 13.0 Å². The molecule has 6 heteroatoms. The molecule has 1 aromatic carbocycles. The number of rotatable bonds is 4. The molecule has 0 amide bonds. The standard InChI is InChI=1S/C15H18N4O2/c1-5-13-10(3)14(16-4)18-15(17-13)12-8-11(19(20)21)7-6-9(12)2/h6-8H,5H2,1-4H3,(H,16,17,18). The zero-order chi connectivity index (χ0) is 15.6. The molecule has 1 N–H and O–H groups in total. The van der Waals surface area contributed by atoms with Gasteiger partial charge in [0.1, 0.15) is 5.82 Å². The molecule has 0 fully saturated rings. The molecule has 110 valence electrons. The molecule has 6 nitrogen and oxygen atoms in total. The Balaban J connectivity index is 2.66. The third-order valence-corrected chi connectivity index (χ3v) is 3.49. The number of nitro groups is 1. The predicted octanol–water partition coefficient (Wildman–Crippen LogP) is 3.27. The number of nitro benzene ring substituents is 1. The van der Waals surface area contributed by atoms with E-state index in [1.54, 1.807) is 13.1 Å². The Morgan fingerprint density at radius 3 is 2.57 bits per heavy atom. The lowest BCUT2D eigenvalue weighted by Crippen LogP contribution is -2.05. The van der Waals surface area contributed by atoms with Gasteiger partial charge < -0.3 is 5.32 Å². The Morgan fingerprint density at radius 2 is 2.00 bits per heavy atom. The lowest BCUT2D eigenvalue weighted by atomic mass is 10.1. The number of nitrogens with zero attached hydrogens (tertiary/aromatic N) is 3. The van der Waals surface area contributed by atoms with Gasteiger partial charge in [0, 0.05) is 36.0 Å². The fraction of sp³-hybridized carbons (Fsp3) is 0.333. The van der Waals surface area contributed by atoms with E-state index in [0.29, 0.717) is 11.4 Å². The van der Waals surface area contributed by atoms with Crippen LogP contribution in [0.4, 0.5) is 11.5 Å². The zero-order valence-corrected chi connectivity index (χ0v) is 12.6. The van der Waals surface area contributed by atoms with E-state index in [1.807, 2.05) is 20.8 Å². The molecule has 0 aliphatic heterocycles. The second kappa shape index (κ2) is 5.87. The van der Waals surface area contributed by atoms with Gasteiger partial charge in [0.05, 0.1) is 4.92 Å². The molecule has 1 heterocycles. The third-order valence-electron chi connectivity index (χ3n) is 3.49. The van der Waals surface area contributed by atoms with Crippen molar-refractivity contribution in [3.05, 3.63) is 45.1 Å². The van der Waals surface area contributed by atoms with Crippen LogP contribution in [0.2, 0.25) is 0 Å². The van der Waals surface area contributed by atoms with Gasteiger partial charge in [-0.2, -0.15) is 0 Å². The van der Waals surface area contributed by atoms with Gasteiger partial charge in [0.15, 0.2) is 5.82 Å². The first-order valence-electron chi connectivity index (χ1n) is 6.78. The summed E-state index contributed by atoms with van der Waals surface area (Å²) in [4.78, 5) is 19.6. The highest BCUT2D eigenvalue weighted by molar-refractivity contribution is 5.66. The number of anilines is 1. The Bertz CT molecular complexity index is 673. The van der Waals surface area contributed by atoms with Crippen LogP contribution in [0.3, 0.4) is 0 Å². The van der Waals surface area contributed by atoms with E-state index < -0.39 is 4.92 Å². The van der Waals surface area contributed by atoms with Crippen molar-refractivity contribution in [2.75, 3.05) is 12.4 Å². The van der Waals surface area contributed by atoms with Crippen LogP contribution in [0.15, 0.2) is 18.2 Å². The molecule has 0 atom stereocenters. The summed E-state index contributed by atoms with van der Waals surface area (Å²) in [5.74, 6) is 1.27. The minimum Gasteiger partial charge on any atom is -0.373 e. The van der Waals surface area contributed by atoms with Crippen LogP contribution in [-0.4, -0.2) is 21.9 Å². The van der Waals surface area contributed by atoms with Crippen LogP contribution in [0, 0.1) is 24.0 Å². The molecule has 0 saturated heterocycles. The smallest absolute Gasteiger partial charge is 0.270 e.